The molecule has 0 unspecified atom stereocenters. The van der Waals surface area contributed by atoms with Gasteiger partial charge < -0.3 is 10.1 Å². The number of halogens is 3. The Morgan fingerprint density at radius 3 is 2.50 bits per heavy atom. The first-order valence-electron chi connectivity index (χ1n) is 6.16. The fraction of sp³-hybridized carbons (Fsp3) is 0.143. The van der Waals surface area contributed by atoms with Crippen molar-refractivity contribution in [2.75, 3.05) is 5.32 Å². The lowest BCUT2D eigenvalue weighted by Crippen LogP contribution is -2.16. The fourth-order valence-corrected chi connectivity index (χ4v) is 1.60. The molecule has 0 saturated heterocycles. The average Bonchev–Trinajstić information content (AvgIpc) is 2.81. The highest BCUT2D eigenvalue weighted by Gasteiger charge is 2.30. The van der Waals surface area contributed by atoms with Gasteiger partial charge in [0.05, 0.1) is 0 Å². The maximum Gasteiger partial charge on any atom is 0.573 e. The fourth-order valence-electron chi connectivity index (χ4n) is 1.60. The Balaban J connectivity index is 1.93. The molecule has 5 nitrogen and oxygen atoms in total. The van der Waals surface area contributed by atoms with Crippen LogP contribution >= 0.6 is 0 Å². The Bertz CT molecular complexity index is 675. The summed E-state index contributed by atoms with van der Waals surface area (Å²) < 4.78 is 41.3. The van der Waals surface area contributed by atoms with Crippen LogP contribution in [0, 0.1) is 0 Å². The van der Waals surface area contributed by atoms with Crippen molar-refractivity contribution in [2.45, 2.75) is 6.36 Å². The highest BCUT2D eigenvalue weighted by atomic mass is 19.4. The number of aromatic nitrogens is 2. The number of aryl methyl sites for hydroxylation is 1. The Kier molecular flexibility index (Phi) is 4.50. The van der Waals surface area contributed by atoms with Crippen LogP contribution in [0.1, 0.15) is 5.56 Å². The van der Waals surface area contributed by atoms with Gasteiger partial charge in [0.2, 0.25) is 5.91 Å². The molecule has 0 aliphatic heterocycles. The molecule has 1 aromatic heterocycles. The van der Waals surface area contributed by atoms with Gasteiger partial charge in [0.1, 0.15) is 5.75 Å². The third-order valence-electron chi connectivity index (χ3n) is 2.51. The highest BCUT2D eigenvalue weighted by Crippen LogP contribution is 2.22. The molecule has 8 heteroatoms. The van der Waals surface area contributed by atoms with Gasteiger partial charge in [-0.15, -0.1) is 13.2 Å². The second-order valence-electron chi connectivity index (χ2n) is 4.31. The number of alkyl halides is 3. The van der Waals surface area contributed by atoms with Gasteiger partial charge in [0.25, 0.3) is 0 Å². The molecule has 116 valence electrons. The molecule has 0 bridgehead atoms. The van der Waals surface area contributed by atoms with E-state index in [1.54, 1.807) is 24.0 Å². The summed E-state index contributed by atoms with van der Waals surface area (Å²) in [7, 11) is 1.72. The smallest absolute Gasteiger partial charge is 0.406 e. The van der Waals surface area contributed by atoms with E-state index in [1.165, 1.54) is 36.4 Å². The van der Waals surface area contributed by atoms with Gasteiger partial charge in [0.15, 0.2) is 5.82 Å². The van der Waals surface area contributed by atoms with Crippen molar-refractivity contribution in [2.24, 2.45) is 7.05 Å². The molecule has 1 heterocycles. The molecular formula is C14H12F3N3O2. The summed E-state index contributed by atoms with van der Waals surface area (Å²) in [6, 6.07) is 6.79. The Labute approximate surface area is 124 Å². The highest BCUT2D eigenvalue weighted by molar-refractivity contribution is 6.01. The summed E-state index contributed by atoms with van der Waals surface area (Å²) in [6.07, 6.45) is -0.317. The van der Waals surface area contributed by atoms with Crippen molar-refractivity contribution in [1.82, 2.24) is 9.78 Å². The summed E-state index contributed by atoms with van der Waals surface area (Å²) in [6.45, 7) is 0. The first-order valence-corrected chi connectivity index (χ1v) is 6.16. The molecule has 0 spiro atoms. The summed E-state index contributed by atoms with van der Waals surface area (Å²) in [5, 5.41) is 6.52. The predicted molar refractivity (Wildman–Crippen MR) is 74.0 cm³/mol. The lowest BCUT2D eigenvalue weighted by Gasteiger charge is -2.08. The first kappa shape index (κ1) is 15.6. The molecule has 0 atom stereocenters. The molecule has 1 amide bonds. The minimum absolute atomic E-state index is 0.317. The minimum atomic E-state index is -4.72. The van der Waals surface area contributed by atoms with E-state index in [0.29, 0.717) is 11.4 Å². The van der Waals surface area contributed by atoms with Crippen LogP contribution in [0.15, 0.2) is 42.6 Å². The van der Waals surface area contributed by atoms with Gasteiger partial charge >= 0.3 is 6.36 Å². The van der Waals surface area contributed by atoms with E-state index in [9.17, 15) is 18.0 Å². The van der Waals surface area contributed by atoms with Crippen LogP contribution in [0.25, 0.3) is 6.08 Å². The summed E-state index contributed by atoms with van der Waals surface area (Å²) in [5.74, 6) is -0.303. The third-order valence-corrected chi connectivity index (χ3v) is 2.51. The van der Waals surface area contributed by atoms with E-state index in [-0.39, 0.29) is 5.75 Å². The van der Waals surface area contributed by atoms with E-state index in [0.717, 1.165) is 0 Å². The monoisotopic (exact) mass is 311 g/mol. The van der Waals surface area contributed by atoms with E-state index in [2.05, 4.69) is 15.2 Å². The van der Waals surface area contributed by atoms with Crippen LogP contribution in [0.3, 0.4) is 0 Å². The van der Waals surface area contributed by atoms with Gasteiger partial charge in [-0.1, -0.05) is 12.1 Å². The quantitative estimate of drug-likeness (QED) is 0.883. The summed E-state index contributed by atoms with van der Waals surface area (Å²) >= 11 is 0. The molecule has 0 aliphatic carbocycles. The zero-order chi connectivity index (χ0) is 16.2. The largest absolute Gasteiger partial charge is 0.573 e. The van der Waals surface area contributed by atoms with Crippen molar-refractivity contribution in [3.05, 3.63) is 48.2 Å². The molecule has 0 aliphatic rings. The van der Waals surface area contributed by atoms with Crippen molar-refractivity contribution < 1.29 is 22.7 Å². The number of carbonyl (C=O) groups excluding carboxylic acids is 1. The molecule has 2 rings (SSSR count). The Morgan fingerprint density at radius 1 is 1.27 bits per heavy atom. The Morgan fingerprint density at radius 2 is 1.95 bits per heavy atom. The lowest BCUT2D eigenvalue weighted by molar-refractivity contribution is -0.274. The molecule has 1 N–H and O–H groups in total. The van der Waals surface area contributed by atoms with Gasteiger partial charge in [-0.2, -0.15) is 5.10 Å². The number of amides is 1. The van der Waals surface area contributed by atoms with Crippen molar-refractivity contribution in [3.63, 3.8) is 0 Å². The van der Waals surface area contributed by atoms with E-state index in [1.807, 2.05) is 0 Å². The Hall–Kier alpha value is -2.77. The number of nitrogens with zero attached hydrogens (tertiary/aromatic N) is 2. The number of nitrogens with one attached hydrogen (secondary N) is 1. The lowest BCUT2D eigenvalue weighted by atomic mass is 10.2. The SMILES string of the molecule is Cn1ccc(NC(=O)/C=C\c2ccc(OC(F)(F)F)cc2)n1. The topological polar surface area (TPSA) is 56.2 Å². The van der Waals surface area contributed by atoms with Gasteiger partial charge in [0, 0.05) is 25.4 Å². The van der Waals surface area contributed by atoms with Crippen molar-refractivity contribution in [3.8, 4) is 5.75 Å². The van der Waals surface area contributed by atoms with Crippen molar-refractivity contribution in [1.29, 1.82) is 0 Å². The van der Waals surface area contributed by atoms with Gasteiger partial charge in [-0.05, 0) is 23.8 Å². The van der Waals surface area contributed by atoms with Crippen LogP contribution in [-0.2, 0) is 11.8 Å². The van der Waals surface area contributed by atoms with Gasteiger partial charge in [-0.25, -0.2) is 0 Å². The molecule has 1 aromatic carbocycles. The van der Waals surface area contributed by atoms with E-state index < -0.39 is 12.3 Å². The zero-order valence-corrected chi connectivity index (χ0v) is 11.5. The van der Waals surface area contributed by atoms with Crippen LogP contribution in [0.5, 0.6) is 5.75 Å². The standard InChI is InChI=1S/C14H12F3N3O2/c1-20-9-8-12(19-20)18-13(21)7-4-10-2-5-11(6-3-10)22-14(15,16)17/h2-9H,1H3,(H,18,19,21)/b7-4-. The summed E-state index contributed by atoms with van der Waals surface area (Å²) in [4.78, 5) is 11.6. The zero-order valence-electron chi connectivity index (χ0n) is 11.5. The number of ether oxygens (including phenoxy) is 1. The number of rotatable bonds is 4. The number of hydrogen-bond acceptors (Lipinski definition) is 3. The normalized spacial score (nSPS) is 11.6. The molecule has 0 saturated carbocycles. The van der Waals surface area contributed by atoms with E-state index in [4.69, 9.17) is 0 Å². The number of benzene rings is 1. The number of anilines is 1. The van der Waals surface area contributed by atoms with Gasteiger partial charge in [-0.3, -0.25) is 9.48 Å². The molecule has 22 heavy (non-hydrogen) atoms. The predicted octanol–water partition coefficient (Wildman–Crippen LogP) is 2.97. The van der Waals surface area contributed by atoms with Crippen LogP contribution in [0.2, 0.25) is 0 Å². The molecular weight excluding hydrogens is 299 g/mol. The van der Waals surface area contributed by atoms with Crippen molar-refractivity contribution >= 4 is 17.8 Å². The minimum Gasteiger partial charge on any atom is -0.406 e. The summed E-state index contributed by atoms with van der Waals surface area (Å²) in [5.41, 5.74) is 0.561. The van der Waals surface area contributed by atoms with Crippen LogP contribution < -0.4 is 10.1 Å². The molecule has 2 aromatic rings. The number of carbonyl (C=O) groups is 1. The average molecular weight is 311 g/mol. The maximum absolute atomic E-state index is 12.0. The van der Waals surface area contributed by atoms with Crippen LogP contribution in [0.4, 0.5) is 19.0 Å². The molecule has 0 radical (unpaired) electrons. The second kappa shape index (κ2) is 6.33. The number of hydrogen-bond donors (Lipinski definition) is 1. The molecule has 0 fully saturated rings. The van der Waals surface area contributed by atoms with Crippen LogP contribution in [-0.4, -0.2) is 22.1 Å². The first-order chi connectivity index (χ1) is 10.3. The second-order valence-corrected chi connectivity index (χ2v) is 4.31. The maximum atomic E-state index is 12.0. The van der Waals surface area contributed by atoms with E-state index >= 15 is 0 Å². The third kappa shape index (κ3) is 4.97.